The molecule has 0 saturated carbocycles. The Kier molecular flexibility index (Phi) is 5.97. The van der Waals surface area contributed by atoms with Gasteiger partial charge < -0.3 is 16.2 Å². The number of carboxylic acid groups (broad SMARTS) is 1. The minimum Gasteiger partial charge on any atom is -0.480 e. The largest absolute Gasteiger partial charge is 0.480 e. The molecule has 0 aromatic heterocycles. The van der Waals surface area contributed by atoms with Crippen molar-refractivity contribution >= 4 is 21.9 Å². The molecule has 0 aliphatic carbocycles. The maximum atomic E-state index is 10.6. The molecule has 0 spiro atoms. The number of aliphatic carboxylic acids is 1. The van der Waals surface area contributed by atoms with Gasteiger partial charge >= 0.3 is 5.97 Å². The molecule has 1 aromatic carbocycles. The Morgan fingerprint density at radius 2 is 2.21 bits per heavy atom. The quantitative estimate of drug-likeness (QED) is 0.670. The van der Waals surface area contributed by atoms with Crippen LogP contribution in [-0.4, -0.2) is 30.2 Å². The van der Waals surface area contributed by atoms with Crippen molar-refractivity contribution in [3.8, 4) is 0 Å². The fraction of sp³-hybridized carbons (Fsp3) is 0.500. The van der Waals surface area contributed by atoms with Crippen LogP contribution in [0.25, 0.3) is 0 Å². The first-order chi connectivity index (χ1) is 8.83. The standard InChI is InChI=1S/C14H21BrN2O2/c1-14(2,10-4-3-5-11(15)8-10)9-17-7-6-12(16)13(18)19/h3-5,8,12,17H,6-7,9,16H2,1-2H3,(H,18,19). The maximum Gasteiger partial charge on any atom is 0.320 e. The summed E-state index contributed by atoms with van der Waals surface area (Å²) in [5.74, 6) is -0.951. The lowest BCUT2D eigenvalue weighted by atomic mass is 9.84. The second kappa shape index (κ2) is 7.03. The van der Waals surface area contributed by atoms with Crippen LogP contribution in [0.3, 0.4) is 0 Å². The van der Waals surface area contributed by atoms with E-state index in [1.807, 2.05) is 12.1 Å². The summed E-state index contributed by atoms with van der Waals surface area (Å²) in [7, 11) is 0. The summed E-state index contributed by atoms with van der Waals surface area (Å²) in [6.07, 6.45) is 0.434. The molecule has 5 heteroatoms. The lowest BCUT2D eigenvalue weighted by Crippen LogP contribution is -2.37. The van der Waals surface area contributed by atoms with Crippen molar-refractivity contribution in [3.05, 3.63) is 34.3 Å². The van der Waals surface area contributed by atoms with E-state index in [1.54, 1.807) is 0 Å². The van der Waals surface area contributed by atoms with Gasteiger partial charge in [0.2, 0.25) is 0 Å². The summed E-state index contributed by atoms with van der Waals surface area (Å²) >= 11 is 3.47. The van der Waals surface area contributed by atoms with Crippen molar-refractivity contribution in [2.45, 2.75) is 31.7 Å². The number of halogens is 1. The molecule has 0 bridgehead atoms. The van der Waals surface area contributed by atoms with Crippen LogP contribution in [0.1, 0.15) is 25.8 Å². The fourth-order valence-electron chi connectivity index (χ4n) is 1.79. The van der Waals surface area contributed by atoms with E-state index in [9.17, 15) is 4.79 Å². The van der Waals surface area contributed by atoms with Crippen LogP contribution in [0.2, 0.25) is 0 Å². The molecular weight excluding hydrogens is 308 g/mol. The molecule has 1 unspecified atom stereocenters. The number of rotatable bonds is 7. The molecule has 1 rings (SSSR count). The zero-order valence-corrected chi connectivity index (χ0v) is 12.9. The van der Waals surface area contributed by atoms with Gasteiger partial charge in [-0.25, -0.2) is 0 Å². The van der Waals surface area contributed by atoms with Gasteiger partial charge in [-0.05, 0) is 30.7 Å². The summed E-state index contributed by atoms with van der Waals surface area (Å²) in [5, 5.41) is 12.0. The number of nitrogens with one attached hydrogen (secondary N) is 1. The molecular formula is C14H21BrN2O2. The van der Waals surface area contributed by atoms with E-state index >= 15 is 0 Å². The van der Waals surface area contributed by atoms with Crippen molar-refractivity contribution in [1.82, 2.24) is 5.32 Å². The van der Waals surface area contributed by atoms with Crippen LogP contribution in [0.15, 0.2) is 28.7 Å². The Morgan fingerprint density at radius 3 is 2.79 bits per heavy atom. The van der Waals surface area contributed by atoms with E-state index in [1.165, 1.54) is 5.56 Å². The van der Waals surface area contributed by atoms with Crippen LogP contribution in [0.5, 0.6) is 0 Å². The minimum absolute atomic E-state index is 0.0168. The summed E-state index contributed by atoms with van der Waals surface area (Å²) in [6.45, 7) is 5.68. The van der Waals surface area contributed by atoms with Gasteiger partial charge in [-0.2, -0.15) is 0 Å². The predicted molar refractivity (Wildman–Crippen MR) is 80.3 cm³/mol. The summed E-state index contributed by atoms with van der Waals surface area (Å²) in [5.41, 5.74) is 6.67. The SMILES string of the molecule is CC(C)(CNCCC(N)C(=O)O)c1cccc(Br)c1. The Labute approximate surface area is 122 Å². The van der Waals surface area contributed by atoms with E-state index in [4.69, 9.17) is 10.8 Å². The Hall–Kier alpha value is -0.910. The summed E-state index contributed by atoms with van der Waals surface area (Å²) in [6, 6.07) is 7.42. The van der Waals surface area contributed by atoms with E-state index < -0.39 is 12.0 Å². The molecule has 19 heavy (non-hydrogen) atoms. The molecule has 106 valence electrons. The van der Waals surface area contributed by atoms with Crippen LogP contribution >= 0.6 is 15.9 Å². The van der Waals surface area contributed by atoms with Crippen LogP contribution in [0, 0.1) is 0 Å². The summed E-state index contributed by atoms with van der Waals surface area (Å²) in [4.78, 5) is 10.6. The fourth-order valence-corrected chi connectivity index (χ4v) is 2.19. The molecule has 0 radical (unpaired) electrons. The molecule has 1 atom stereocenters. The smallest absolute Gasteiger partial charge is 0.320 e. The predicted octanol–water partition coefficient (Wildman–Crippen LogP) is 2.12. The molecule has 0 aliphatic rings. The lowest BCUT2D eigenvalue weighted by Gasteiger charge is -2.26. The molecule has 0 fully saturated rings. The second-order valence-electron chi connectivity index (χ2n) is 5.30. The zero-order valence-electron chi connectivity index (χ0n) is 11.3. The molecule has 4 N–H and O–H groups in total. The number of carbonyl (C=O) groups is 1. The number of carboxylic acids is 1. The van der Waals surface area contributed by atoms with Crippen molar-refractivity contribution in [3.63, 3.8) is 0 Å². The highest BCUT2D eigenvalue weighted by atomic mass is 79.9. The summed E-state index contributed by atoms with van der Waals surface area (Å²) < 4.78 is 1.06. The van der Waals surface area contributed by atoms with Crippen molar-refractivity contribution in [2.75, 3.05) is 13.1 Å². The third-order valence-corrected chi connectivity index (χ3v) is 3.62. The van der Waals surface area contributed by atoms with Gasteiger partial charge in [0.1, 0.15) is 6.04 Å². The number of hydrogen-bond donors (Lipinski definition) is 3. The maximum absolute atomic E-state index is 10.6. The van der Waals surface area contributed by atoms with E-state index in [0.717, 1.165) is 11.0 Å². The highest BCUT2D eigenvalue weighted by Gasteiger charge is 2.20. The number of hydrogen-bond acceptors (Lipinski definition) is 3. The van der Waals surface area contributed by atoms with Crippen molar-refractivity contribution in [2.24, 2.45) is 5.73 Å². The van der Waals surface area contributed by atoms with Gasteiger partial charge in [0, 0.05) is 16.4 Å². The van der Waals surface area contributed by atoms with Gasteiger partial charge in [-0.15, -0.1) is 0 Å². The number of nitrogens with two attached hydrogens (primary N) is 1. The molecule has 0 saturated heterocycles. The van der Waals surface area contributed by atoms with Crippen LogP contribution in [0.4, 0.5) is 0 Å². The Balaban J connectivity index is 2.45. The van der Waals surface area contributed by atoms with Gasteiger partial charge in [-0.1, -0.05) is 41.9 Å². The van der Waals surface area contributed by atoms with Gasteiger partial charge in [0.15, 0.2) is 0 Å². The van der Waals surface area contributed by atoms with Gasteiger partial charge in [0.05, 0.1) is 0 Å². The topological polar surface area (TPSA) is 75.3 Å². The lowest BCUT2D eigenvalue weighted by molar-refractivity contribution is -0.138. The third-order valence-electron chi connectivity index (χ3n) is 3.12. The molecule has 0 aliphatic heterocycles. The molecule has 0 amide bonds. The van der Waals surface area contributed by atoms with Crippen LogP contribution < -0.4 is 11.1 Å². The van der Waals surface area contributed by atoms with E-state index in [-0.39, 0.29) is 5.41 Å². The minimum atomic E-state index is -0.951. The van der Waals surface area contributed by atoms with E-state index in [0.29, 0.717) is 13.0 Å². The first-order valence-corrected chi connectivity index (χ1v) is 7.07. The van der Waals surface area contributed by atoms with E-state index in [2.05, 4.69) is 47.2 Å². The number of benzene rings is 1. The highest BCUT2D eigenvalue weighted by Crippen LogP contribution is 2.24. The first kappa shape index (κ1) is 16.1. The average Bonchev–Trinajstić information content (AvgIpc) is 2.34. The molecule has 0 heterocycles. The van der Waals surface area contributed by atoms with Gasteiger partial charge in [0.25, 0.3) is 0 Å². The first-order valence-electron chi connectivity index (χ1n) is 6.28. The monoisotopic (exact) mass is 328 g/mol. The highest BCUT2D eigenvalue weighted by molar-refractivity contribution is 9.10. The van der Waals surface area contributed by atoms with Gasteiger partial charge in [-0.3, -0.25) is 4.79 Å². The Bertz CT molecular complexity index is 435. The van der Waals surface area contributed by atoms with Crippen LogP contribution in [-0.2, 0) is 10.2 Å². The normalized spacial score (nSPS) is 13.3. The second-order valence-corrected chi connectivity index (χ2v) is 6.22. The average molecular weight is 329 g/mol. The zero-order chi connectivity index (χ0) is 14.5. The Morgan fingerprint density at radius 1 is 1.53 bits per heavy atom. The van der Waals surface area contributed by atoms with Crippen molar-refractivity contribution < 1.29 is 9.90 Å². The molecule has 1 aromatic rings. The molecule has 4 nitrogen and oxygen atoms in total. The van der Waals surface area contributed by atoms with Crippen molar-refractivity contribution in [1.29, 1.82) is 0 Å². The third kappa shape index (κ3) is 5.30.